The van der Waals surface area contributed by atoms with Crippen molar-refractivity contribution >= 4 is 23.5 Å². The van der Waals surface area contributed by atoms with Gasteiger partial charge in [-0.25, -0.2) is 4.79 Å². The second kappa shape index (κ2) is 10.7. The Morgan fingerprint density at radius 2 is 1.73 bits per heavy atom. The molecule has 0 aliphatic rings. The van der Waals surface area contributed by atoms with E-state index < -0.39 is 0 Å². The van der Waals surface area contributed by atoms with Crippen LogP contribution in [0.3, 0.4) is 0 Å². The Labute approximate surface area is 177 Å². The molecular formula is C25H26N2O3. The van der Waals surface area contributed by atoms with Crippen LogP contribution >= 0.6 is 0 Å². The maximum atomic E-state index is 13.1. The Morgan fingerprint density at radius 1 is 0.967 bits per heavy atom. The van der Waals surface area contributed by atoms with Gasteiger partial charge in [0.2, 0.25) is 0 Å². The van der Waals surface area contributed by atoms with Crippen LogP contribution < -0.4 is 19.7 Å². The summed E-state index contributed by atoms with van der Waals surface area (Å²) in [6.45, 7) is 2.95. The average molecular weight is 402 g/mol. The Bertz CT molecular complexity index is 969. The first kappa shape index (κ1) is 21.0. The molecule has 0 heterocycles. The fourth-order valence-electron chi connectivity index (χ4n) is 2.94. The largest absolute Gasteiger partial charge is 0.497 e. The summed E-state index contributed by atoms with van der Waals surface area (Å²) in [4.78, 5) is 14.7. The number of carbonyl (C=O) groups is 1. The number of nitrogens with one attached hydrogen (secondary N) is 1. The third kappa shape index (κ3) is 5.88. The van der Waals surface area contributed by atoms with Crippen molar-refractivity contribution < 1.29 is 14.3 Å². The van der Waals surface area contributed by atoms with E-state index in [-0.39, 0.29) is 6.03 Å². The van der Waals surface area contributed by atoms with Crippen LogP contribution in [0.2, 0.25) is 0 Å². The molecule has 0 radical (unpaired) electrons. The molecular weight excluding hydrogens is 376 g/mol. The zero-order chi connectivity index (χ0) is 21.2. The number of urea groups is 1. The molecule has 0 spiro atoms. The first-order valence-corrected chi connectivity index (χ1v) is 9.86. The van der Waals surface area contributed by atoms with Crippen LogP contribution in [0.15, 0.2) is 84.9 Å². The maximum Gasteiger partial charge on any atom is 0.326 e. The smallest absolute Gasteiger partial charge is 0.326 e. The van der Waals surface area contributed by atoms with Gasteiger partial charge in [-0.05, 0) is 48.9 Å². The highest BCUT2D eigenvalue weighted by atomic mass is 16.5. The summed E-state index contributed by atoms with van der Waals surface area (Å²) in [6.07, 6.45) is 3.97. The number of nitrogens with zero attached hydrogens (tertiary/aromatic N) is 1. The molecule has 0 unspecified atom stereocenters. The Kier molecular flexibility index (Phi) is 7.50. The van der Waals surface area contributed by atoms with Gasteiger partial charge in [0.1, 0.15) is 11.5 Å². The van der Waals surface area contributed by atoms with Crippen LogP contribution in [0, 0.1) is 0 Å². The van der Waals surface area contributed by atoms with Crippen molar-refractivity contribution in [2.75, 3.05) is 30.5 Å². The topological polar surface area (TPSA) is 50.8 Å². The van der Waals surface area contributed by atoms with E-state index in [2.05, 4.69) is 5.32 Å². The highest BCUT2D eigenvalue weighted by Crippen LogP contribution is 2.22. The molecule has 2 amide bonds. The molecule has 0 bridgehead atoms. The average Bonchev–Trinajstić information content (AvgIpc) is 2.78. The lowest BCUT2D eigenvalue weighted by Gasteiger charge is -2.22. The molecule has 0 aliphatic carbocycles. The third-order valence-electron chi connectivity index (χ3n) is 4.42. The van der Waals surface area contributed by atoms with Crippen molar-refractivity contribution in [2.45, 2.75) is 6.92 Å². The van der Waals surface area contributed by atoms with Crippen LogP contribution in [0.1, 0.15) is 12.5 Å². The Hall–Kier alpha value is -3.73. The number of benzene rings is 3. The van der Waals surface area contributed by atoms with Crippen LogP contribution in [0.4, 0.5) is 16.2 Å². The van der Waals surface area contributed by atoms with Crippen molar-refractivity contribution in [1.82, 2.24) is 0 Å². The van der Waals surface area contributed by atoms with Gasteiger partial charge in [-0.15, -0.1) is 0 Å². The second-order valence-electron chi connectivity index (χ2n) is 6.51. The highest BCUT2D eigenvalue weighted by Gasteiger charge is 2.15. The minimum atomic E-state index is -0.231. The lowest BCUT2D eigenvalue weighted by atomic mass is 10.2. The summed E-state index contributed by atoms with van der Waals surface area (Å²) in [7, 11) is 1.60. The molecule has 3 aromatic rings. The Balaban J connectivity index is 1.80. The van der Waals surface area contributed by atoms with Gasteiger partial charge in [0.25, 0.3) is 0 Å². The molecule has 5 nitrogen and oxygen atoms in total. The molecule has 30 heavy (non-hydrogen) atoms. The fraction of sp³-hybridized carbons (Fsp3) is 0.160. The summed E-state index contributed by atoms with van der Waals surface area (Å²) < 4.78 is 10.8. The Morgan fingerprint density at radius 3 is 2.43 bits per heavy atom. The van der Waals surface area contributed by atoms with Gasteiger partial charge < -0.3 is 14.8 Å². The third-order valence-corrected chi connectivity index (χ3v) is 4.42. The van der Waals surface area contributed by atoms with Gasteiger partial charge in [0.15, 0.2) is 0 Å². The number of ether oxygens (including phenoxy) is 2. The normalized spacial score (nSPS) is 10.6. The first-order chi connectivity index (χ1) is 14.7. The van der Waals surface area contributed by atoms with Gasteiger partial charge in [0, 0.05) is 24.0 Å². The molecule has 1 N–H and O–H groups in total. The number of hydrogen-bond donors (Lipinski definition) is 1. The van der Waals surface area contributed by atoms with E-state index in [1.807, 2.05) is 91.9 Å². The molecule has 0 atom stereocenters. The second-order valence-corrected chi connectivity index (χ2v) is 6.51. The summed E-state index contributed by atoms with van der Waals surface area (Å²) in [5.41, 5.74) is 2.52. The minimum Gasteiger partial charge on any atom is -0.497 e. The maximum absolute atomic E-state index is 13.1. The fourth-order valence-corrected chi connectivity index (χ4v) is 2.94. The predicted molar refractivity (Wildman–Crippen MR) is 122 cm³/mol. The zero-order valence-corrected chi connectivity index (χ0v) is 17.2. The summed E-state index contributed by atoms with van der Waals surface area (Å²) in [5.74, 6) is 1.46. The van der Waals surface area contributed by atoms with Gasteiger partial charge in [-0.3, -0.25) is 4.90 Å². The van der Waals surface area contributed by atoms with Gasteiger partial charge in [-0.2, -0.15) is 0 Å². The van der Waals surface area contributed by atoms with Crippen molar-refractivity contribution in [3.63, 3.8) is 0 Å². The van der Waals surface area contributed by atoms with Crippen molar-refractivity contribution in [3.8, 4) is 11.5 Å². The van der Waals surface area contributed by atoms with E-state index in [0.717, 1.165) is 17.0 Å². The lowest BCUT2D eigenvalue weighted by molar-refractivity contribution is 0.257. The van der Waals surface area contributed by atoms with E-state index in [0.29, 0.717) is 24.6 Å². The molecule has 3 rings (SSSR count). The summed E-state index contributed by atoms with van der Waals surface area (Å²) in [5, 5.41) is 2.95. The van der Waals surface area contributed by atoms with Gasteiger partial charge >= 0.3 is 6.03 Å². The number of amides is 2. The van der Waals surface area contributed by atoms with Crippen LogP contribution in [0.5, 0.6) is 11.5 Å². The molecule has 0 saturated heterocycles. The number of carbonyl (C=O) groups excluding carboxylic acids is 1. The summed E-state index contributed by atoms with van der Waals surface area (Å²) >= 11 is 0. The van der Waals surface area contributed by atoms with Gasteiger partial charge in [-0.1, -0.05) is 48.6 Å². The van der Waals surface area contributed by atoms with Crippen molar-refractivity contribution in [1.29, 1.82) is 0 Å². The lowest BCUT2D eigenvalue weighted by Crippen LogP contribution is -2.35. The van der Waals surface area contributed by atoms with Crippen LogP contribution in [0.25, 0.3) is 6.08 Å². The number of rotatable bonds is 8. The standard InChI is InChI=1S/C25H26N2O3/c1-3-30-23-16-14-22(15-17-23)27(18-8-11-20-9-5-4-6-10-20)25(28)26-21-12-7-13-24(19-21)29-2/h4-17,19H,3,18H2,1-2H3,(H,26,28)/b11-8+. The minimum absolute atomic E-state index is 0.231. The number of anilines is 2. The molecule has 0 fully saturated rings. The van der Waals surface area contributed by atoms with E-state index in [1.54, 1.807) is 18.1 Å². The van der Waals surface area contributed by atoms with Crippen LogP contribution in [-0.4, -0.2) is 26.3 Å². The van der Waals surface area contributed by atoms with E-state index in [1.165, 1.54) is 0 Å². The van der Waals surface area contributed by atoms with Crippen molar-refractivity contribution in [2.24, 2.45) is 0 Å². The molecule has 3 aromatic carbocycles. The molecule has 0 aliphatic heterocycles. The van der Waals surface area contributed by atoms with Crippen LogP contribution in [-0.2, 0) is 0 Å². The number of methoxy groups -OCH3 is 1. The molecule has 0 saturated carbocycles. The van der Waals surface area contributed by atoms with Gasteiger partial charge in [0.05, 0.1) is 13.7 Å². The first-order valence-electron chi connectivity index (χ1n) is 9.86. The monoisotopic (exact) mass is 402 g/mol. The van der Waals surface area contributed by atoms with E-state index in [4.69, 9.17) is 9.47 Å². The predicted octanol–water partition coefficient (Wildman–Crippen LogP) is 5.85. The molecule has 154 valence electrons. The molecule has 0 aromatic heterocycles. The molecule has 5 heteroatoms. The van der Waals surface area contributed by atoms with E-state index in [9.17, 15) is 4.79 Å². The van der Waals surface area contributed by atoms with Crippen molar-refractivity contribution in [3.05, 3.63) is 90.5 Å². The SMILES string of the molecule is CCOc1ccc(N(C/C=C/c2ccccc2)C(=O)Nc2cccc(OC)c2)cc1. The van der Waals surface area contributed by atoms with E-state index >= 15 is 0 Å². The number of hydrogen-bond acceptors (Lipinski definition) is 3. The zero-order valence-electron chi connectivity index (χ0n) is 17.2. The highest BCUT2D eigenvalue weighted by molar-refractivity contribution is 6.02. The quantitative estimate of drug-likeness (QED) is 0.514. The summed E-state index contributed by atoms with van der Waals surface area (Å²) in [6, 6.07) is 24.5.